The number of hydrogen-bond donors (Lipinski definition) is 1. The van der Waals surface area contributed by atoms with Crippen molar-refractivity contribution in [3.8, 4) is 0 Å². The molecule has 4 heteroatoms. The minimum absolute atomic E-state index is 0.0727. The number of ketones is 1. The summed E-state index contributed by atoms with van der Waals surface area (Å²) in [6.45, 7) is 0. The Morgan fingerprint density at radius 3 is 2.44 bits per heavy atom. The van der Waals surface area contributed by atoms with Crippen molar-refractivity contribution in [1.29, 1.82) is 0 Å². The zero-order chi connectivity index (χ0) is 24.6. The van der Waals surface area contributed by atoms with E-state index in [2.05, 4.69) is 48.0 Å². The number of carbonyl (C=O) groups is 1. The zero-order valence-electron chi connectivity index (χ0n) is 20.7. The van der Waals surface area contributed by atoms with Crippen molar-refractivity contribution in [1.82, 2.24) is 4.57 Å². The minimum atomic E-state index is -0.133. The second-order valence-corrected chi connectivity index (χ2v) is 10.5. The maximum Gasteiger partial charge on any atom is 0.210 e. The molecule has 2 heterocycles. The lowest BCUT2D eigenvalue weighted by Gasteiger charge is -2.33. The Morgan fingerprint density at radius 1 is 0.944 bits per heavy atom. The van der Waals surface area contributed by atoms with Gasteiger partial charge in [-0.05, 0) is 35.7 Å². The van der Waals surface area contributed by atoms with Gasteiger partial charge in [-0.1, -0.05) is 61.7 Å². The van der Waals surface area contributed by atoms with Crippen molar-refractivity contribution in [2.75, 3.05) is 7.05 Å². The fourth-order valence-corrected chi connectivity index (χ4v) is 7.00. The van der Waals surface area contributed by atoms with Gasteiger partial charge in [-0.3, -0.25) is 4.79 Å². The number of allylic oxidation sites excluding steroid dienone is 3. The molecule has 0 atom stereocenters. The first-order valence-corrected chi connectivity index (χ1v) is 12.9. The van der Waals surface area contributed by atoms with Crippen molar-refractivity contribution in [3.05, 3.63) is 95.4 Å². The molecule has 0 bridgehead atoms. The van der Waals surface area contributed by atoms with Gasteiger partial charge in [-0.25, -0.2) is 0 Å². The van der Waals surface area contributed by atoms with Gasteiger partial charge in [-0.15, -0.1) is 0 Å². The van der Waals surface area contributed by atoms with Crippen LogP contribution in [0.1, 0.15) is 43.2 Å². The highest BCUT2D eigenvalue weighted by atomic mass is 16.3. The van der Waals surface area contributed by atoms with Gasteiger partial charge in [-0.2, -0.15) is 4.58 Å². The Morgan fingerprint density at radius 2 is 1.67 bits per heavy atom. The van der Waals surface area contributed by atoms with Gasteiger partial charge in [0.1, 0.15) is 12.8 Å². The maximum atomic E-state index is 13.5. The Bertz CT molecular complexity index is 1710. The second kappa shape index (κ2) is 7.54. The summed E-state index contributed by atoms with van der Waals surface area (Å²) in [4.78, 5) is 13.5. The summed E-state index contributed by atoms with van der Waals surface area (Å²) in [5.41, 5.74) is 6.32. The lowest BCUT2D eigenvalue weighted by atomic mass is 9.65. The lowest BCUT2D eigenvalue weighted by Crippen LogP contribution is -2.37. The normalized spacial score (nSPS) is 20.2. The molecule has 4 aromatic rings. The molecule has 178 valence electrons. The highest BCUT2D eigenvalue weighted by Crippen LogP contribution is 2.52. The van der Waals surface area contributed by atoms with E-state index < -0.39 is 0 Å². The van der Waals surface area contributed by atoms with Crippen LogP contribution in [0.25, 0.3) is 27.2 Å². The molecule has 3 aromatic carbocycles. The molecule has 36 heavy (non-hydrogen) atoms. The monoisotopic (exact) mass is 473 g/mol. The fourth-order valence-electron chi connectivity index (χ4n) is 7.00. The van der Waals surface area contributed by atoms with E-state index in [1.807, 2.05) is 48.2 Å². The van der Waals surface area contributed by atoms with Gasteiger partial charge in [0.25, 0.3) is 0 Å². The van der Waals surface area contributed by atoms with Crippen LogP contribution in [-0.4, -0.2) is 32.8 Å². The molecule has 4 nitrogen and oxygen atoms in total. The molecule has 1 aliphatic heterocycles. The molecule has 2 aliphatic carbocycles. The van der Waals surface area contributed by atoms with Gasteiger partial charge in [0.2, 0.25) is 11.5 Å². The Hall–Kier alpha value is -3.92. The second-order valence-electron chi connectivity index (χ2n) is 10.5. The van der Waals surface area contributed by atoms with Gasteiger partial charge in [0.05, 0.1) is 16.6 Å². The van der Waals surface area contributed by atoms with Gasteiger partial charge < -0.3 is 9.67 Å². The third-order valence-corrected chi connectivity index (χ3v) is 8.72. The van der Waals surface area contributed by atoms with Crippen LogP contribution >= 0.6 is 0 Å². The number of rotatable bonds is 2. The standard InChI is InChI=1S/C32H28N2O2/c1-33-19-24(22-12-6-7-13-25(22)33)28-30(35)23(31(28)36)18-27-32(16-8-3-9-17-32)29-21-11-5-4-10-20(21)14-15-26(29)34(27)2/h4-7,10-15,18-19H,3,8-9,16-17H2,1-2H3/p+1. The molecule has 1 spiro atoms. The van der Waals surface area contributed by atoms with Gasteiger partial charge in [0.15, 0.2) is 5.71 Å². The molecular weight excluding hydrogens is 444 g/mol. The molecule has 0 radical (unpaired) electrons. The summed E-state index contributed by atoms with van der Waals surface area (Å²) in [6, 6.07) is 21.1. The first kappa shape index (κ1) is 21.4. The highest BCUT2D eigenvalue weighted by molar-refractivity contribution is 6.41. The fraction of sp³-hybridized carbons (Fsp3) is 0.250. The number of nitrogens with zero attached hydrogens (tertiary/aromatic N) is 2. The van der Waals surface area contributed by atoms with Crippen LogP contribution in [0.3, 0.4) is 0 Å². The van der Waals surface area contributed by atoms with Gasteiger partial charge in [0, 0.05) is 47.4 Å². The summed E-state index contributed by atoms with van der Waals surface area (Å²) < 4.78 is 4.27. The molecule has 0 amide bonds. The number of para-hydroxylation sites is 1. The highest BCUT2D eigenvalue weighted by Gasteiger charge is 2.52. The molecule has 0 unspecified atom stereocenters. The molecule has 1 fully saturated rings. The number of hydrogen-bond acceptors (Lipinski definition) is 2. The summed E-state index contributed by atoms with van der Waals surface area (Å²) in [7, 11) is 4.08. The molecule has 0 saturated heterocycles. The number of carbonyl (C=O) groups excluding carboxylic acids is 1. The van der Waals surface area contributed by atoms with Crippen LogP contribution in [0, 0.1) is 0 Å². The van der Waals surface area contributed by atoms with Crippen molar-refractivity contribution < 1.29 is 14.5 Å². The number of aliphatic hydroxyl groups excluding tert-OH is 1. The first-order valence-electron chi connectivity index (χ1n) is 12.9. The Balaban J connectivity index is 1.40. The summed E-state index contributed by atoms with van der Waals surface area (Å²) in [5.74, 6) is 0.0422. The van der Waals surface area contributed by atoms with E-state index in [1.165, 1.54) is 41.3 Å². The third-order valence-electron chi connectivity index (χ3n) is 8.72. The average molecular weight is 474 g/mol. The number of aryl methyl sites for hydroxylation is 1. The Kier molecular flexibility index (Phi) is 4.47. The van der Waals surface area contributed by atoms with Crippen molar-refractivity contribution in [3.63, 3.8) is 0 Å². The topological polar surface area (TPSA) is 45.2 Å². The predicted molar refractivity (Wildman–Crippen MR) is 145 cm³/mol. The van der Waals surface area contributed by atoms with Crippen molar-refractivity contribution in [2.24, 2.45) is 7.05 Å². The number of benzene rings is 3. The minimum Gasteiger partial charge on any atom is -0.506 e. The number of fused-ring (bicyclic) bond motifs is 5. The molecule has 1 N–H and O–H groups in total. The van der Waals surface area contributed by atoms with Crippen LogP contribution in [-0.2, 0) is 17.3 Å². The van der Waals surface area contributed by atoms with E-state index in [0.29, 0.717) is 11.1 Å². The largest absolute Gasteiger partial charge is 0.506 e. The lowest BCUT2D eigenvalue weighted by molar-refractivity contribution is -0.401. The van der Waals surface area contributed by atoms with Crippen LogP contribution in [0.5, 0.6) is 0 Å². The summed E-state index contributed by atoms with van der Waals surface area (Å²) in [6.07, 6.45) is 9.64. The van der Waals surface area contributed by atoms with Crippen LogP contribution < -0.4 is 0 Å². The van der Waals surface area contributed by atoms with Crippen molar-refractivity contribution in [2.45, 2.75) is 37.5 Å². The summed E-state index contributed by atoms with van der Waals surface area (Å²) in [5, 5.41) is 14.8. The molecular formula is C32H29N2O2+. The van der Waals surface area contributed by atoms with E-state index in [1.54, 1.807) is 0 Å². The summed E-state index contributed by atoms with van der Waals surface area (Å²) >= 11 is 0. The smallest absolute Gasteiger partial charge is 0.210 e. The molecule has 1 aromatic heterocycles. The quantitative estimate of drug-likeness (QED) is 0.259. The molecule has 3 aliphatic rings. The third kappa shape index (κ3) is 2.70. The number of aliphatic hydroxyl groups is 1. The van der Waals surface area contributed by atoms with E-state index >= 15 is 0 Å². The Labute approximate surface area is 210 Å². The molecule has 7 rings (SSSR count). The van der Waals surface area contributed by atoms with E-state index in [0.717, 1.165) is 35.0 Å². The van der Waals surface area contributed by atoms with E-state index in [4.69, 9.17) is 0 Å². The predicted octanol–water partition coefficient (Wildman–Crippen LogP) is 6.74. The van der Waals surface area contributed by atoms with Crippen molar-refractivity contribution >= 4 is 44.4 Å². The SMILES string of the molecule is Cn1cc(C2=C(O)C(=CC3=[N+](C)c4ccc5ccccc5c4C34CCCCC4)C2=O)c2ccccc21. The van der Waals surface area contributed by atoms with Crippen LogP contribution in [0.15, 0.2) is 84.3 Å². The maximum absolute atomic E-state index is 13.5. The van der Waals surface area contributed by atoms with E-state index in [9.17, 15) is 9.90 Å². The number of Topliss-reactive ketones (excluding diaryl/α,β-unsaturated/α-hetero) is 1. The van der Waals surface area contributed by atoms with E-state index in [-0.39, 0.29) is 17.0 Å². The van der Waals surface area contributed by atoms with Crippen LogP contribution in [0.4, 0.5) is 5.69 Å². The van der Waals surface area contributed by atoms with Crippen LogP contribution in [0.2, 0.25) is 0 Å². The van der Waals surface area contributed by atoms with Gasteiger partial charge >= 0.3 is 0 Å². The first-order chi connectivity index (χ1) is 17.5. The average Bonchev–Trinajstić information content (AvgIpc) is 3.35. The number of aromatic nitrogens is 1. The molecule has 1 saturated carbocycles. The zero-order valence-corrected chi connectivity index (χ0v) is 20.7.